The van der Waals surface area contributed by atoms with Crippen molar-refractivity contribution in [3.05, 3.63) is 27.0 Å². The number of hydrogen-bond donors (Lipinski definition) is 6. The zero-order valence-electron chi connectivity index (χ0n) is 10.2. The van der Waals surface area contributed by atoms with Gasteiger partial charge in [0.25, 0.3) is 5.56 Å². The number of aromatic nitrogens is 2. The molecule has 0 aliphatic carbocycles. The molecule has 20 heavy (non-hydrogen) atoms. The average molecular weight is 289 g/mol. The van der Waals surface area contributed by atoms with Crippen LogP contribution in [0.4, 0.5) is 5.69 Å². The van der Waals surface area contributed by atoms with Crippen LogP contribution >= 0.6 is 0 Å². The first-order chi connectivity index (χ1) is 9.36. The molecule has 0 radical (unpaired) electrons. The quantitative estimate of drug-likeness (QED) is 0.320. The summed E-state index contributed by atoms with van der Waals surface area (Å²) in [4.78, 5) is 24.8. The number of aromatic amines is 1. The van der Waals surface area contributed by atoms with E-state index in [-0.39, 0.29) is 5.69 Å². The largest absolute Gasteiger partial charge is 0.394 e. The zero-order chi connectivity index (χ0) is 15.0. The number of aliphatic hydroxyl groups excluding tert-OH is 4. The third kappa shape index (κ3) is 2.34. The van der Waals surface area contributed by atoms with Crippen molar-refractivity contribution >= 4 is 5.69 Å². The van der Waals surface area contributed by atoms with Crippen molar-refractivity contribution in [3.8, 4) is 0 Å². The predicted molar refractivity (Wildman–Crippen MR) is 64.8 cm³/mol. The summed E-state index contributed by atoms with van der Waals surface area (Å²) in [7, 11) is 0. The fourth-order valence-electron chi connectivity index (χ4n) is 2.00. The molecule has 0 unspecified atom stereocenters. The first kappa shape index (κ1) is 14.7. The molecule has 10 nitrogen and oxygen atoms in total. The Hall–Kier alpha value is -1.72. The molecular weight excluding hydrogens is 274 g/mol. The van der Waals surface area contributed by atoms with Crippen LogP contribution in [0.25, 0.3) is 0 Å². The summed E-state index contributed by atoms with van der Waals surface area (Å²) in [6.45, 7) is -0.630. The minimum atomic E-state index is -1.64. The number of aliphatic hydroxyl groups is 4. The molecule has 1 aliphatic heterocycles. The molecule has 10 heteroatoms. The Morgan fingerprint density at radius 3 is 2.50 bits per heavy atom. The number of nitrogens with one attached hydrogen (secondary N) is 1. The minimum Gasteiger partial charge on any atom is -0.394 e. The lowest BCUT2D eigenvalue weighted by atomic mass is 9.98. The monoisotopic (exact) mass is 289 g/mol. The molecule has 0 spiro atoms. The molecule has 2 rings (SSSR count). The first-order valence-electron chi connectivity index (χ1n) is 5.78. The van der Waals surface area contributed by atoms with Gasteiger partial charge in [-0.25, -0.2) is 4.79 Å². The zero-order valence-corrected chi connectivity index (χ0v) is 10.2. The molecule has 5 atom stereocenters. The second kappa shape index (κ2) is 5.34. The molecule has 1 fully saturated rings. The number of H-pyrrole nitrogens is 1. The number of nitrogens with two attached hydrogens (primary N) is 1. The van der Waals surface area contributed by atoms with E-state index in [9.17, 15) is 24.9 Å². The van der Waals surface area contributed by atoms with Crippen LogP contribution in [0.3, 0.4) is 0 Å². The van der Waals surface area contributed by atoms with E-state index in [4.69, 9.17) is 15.6 Å². The van der Waals surface area contributed by atoms with Crippen LogP contribution in [0.2, 0.25) is 0 Å². The molecule has 1 aliphatic rings. The molecule has 2 heterocycles. The van der Waals surface area contributed by atoms with Crippen LogP contribution in [-0.4, -0.2) is 61.0 Å². The third-order valence-electron chi connectivity index (χ3n) is 3.14. The van der Waals surface area contributed by atoms with Crippen molar-refractivity contribution in [2.45, 2.75) is 30.6 Å². The Labute approximate surface area is 111 Å². The highest BCUT2D eigenvalue weighted by Gasteiger charge is 2.44. The second-order valence-electron chi connectivity index (χ2n) is 4.47. The second-order valence-corrected chi connectivity index (χ2v) is 4.47. The fourth-order valence-corrected chi connectivity index (χ4v) is 2.00. The molecule has 0 amide bonds. The van der Waals surface area contributed by atoms with Crippen molar-refractivity contribution in [2.24, 2.45) is 0 Å². The number of anilines is 1. The van der Waals surface area contributed by atoms with Gasteiger partial charge >= 0.3 is 5.69 Å². The summed E-state index contributed by atoms with van der Waals surface area (Å²) < 4.78 is 5.94. The average Bonchev–Trinajstić information content (AvgIpc) is 2.41. The SMILES string of the molecule is Nc1cn([C@@H]2O[C@@H](CO)[C@@H](O)[C@@H](O)[C@@H]2O)c(=O)[nH]c1=O. The maximum absolute atomic E-state index is 11.7. The maximum Gasteiger partial charge on any atom is 0.330 e. The Morgan fingerprint density at radius 2 is 1.90 bits per heavy atom. The van der Waals surface area contributed by atoms with Crippen LogP contribution < -0.4 is 17.0 Å². The highest BCUT2D eigenvalue weighted by atomic mass is 16.6. The minimum absolute atomic E-state index is 0.290. The van der Waals surface area contributed by atoms with Gasteiger partial charge in [0, 0.05) is 6.20 Å². The molecular formula is C10H15N3O7. The van der Waals surface area contributed by atoms with Crippen LogP contribution in [0.1, 0.15) is 6.23 Å². The van der Waals surface area contributed by atoms with Crippen LogP contribution in [0.15, 0.2) is 15.8 Å². The Balaban J connectivity index is 2.44. The van der Waals surface area contributed by atoms with Crippen molar-refractivity contribution in [1.29, 1.82) is 0 Å². The van der Waals surface area contributed by atoms with E-state index in [0.29, 0.717) is 0 Å². The van der Waals surface area contributed by atoms with Crippen molar-refractivity contribution < 1.29 is 25.2 Å². The van der Waals surface area contributed by atoms with E-state index in [2.05, 4.69) is 0 Å². The fraction of sp³-hybridized carbons (Fsp3) is 0.600. The van der Waals surface area contributed by atoms with E-state index >= 15 is 0 Å². The lowest BCUT2D eigenvalue weighted by molar-refractivity contribution is -0.252. The van der Waals surface area contributed by atoms with E-state index in [0.717, 1.165) is 10.8 Å². The molecule has 0 saturated carbocycles. The smallest absolute Gasteiger partial charge is 0.330 e. The number of hydrogen-bond acceptors (Lipinski definition) is 8. The van der Waals surface area contributed by atoms with E-state index in [1.807, 2.05) is 4.98 Å². The van der Waals surface area contributed by atoms with Gasteiger partial charge in [0.2, 0.25) is 0 Å². The summed E-state index contributed by atoms with van der Waals surface area (Å²) in [5.41, 5.74) is 3.37. The molecule has 1 aromatic rings. The van der Waals surface area contributed by atoms with Gasteiger partial charge in [-0.15, -0.1) is 0 Å². The van der Waals surface area contributed by atoms with Gasteiger partial charge in [0.1, 0.15) is 30.1 Å². The lowest BCUT2D eigenvalue weighted by Crippen LogP contribution is -2.57. The van der Waals surface area contributed by atoms with Crippen molar-refractivity contribution in [2.75, 3.05) is 12.3 Å². The summed E-state index contributed by atoms with van der Waals surface area (Å²) >= 11 is 0. The van der Waals surface area contributed by atoms with Gasteiger partial charge in [-0.3, -0.25) is 14.3 Å². The number of nitrogen functional groups attached to an aromatic ring is 1. The molecule has 0 aromatic carbocycles. The molecule has 1 aromatic heterocycles. The predicted octanol–water partition coefficient (Wildman–Crippen LogP) is -3.91. The third-order valence-corrected chi connectivity index (χ3v) is 3.14. The van der Waals surface area contributed by atoms with Gasteiger partial charge in [-0.2, -0.15) is 0 Å². The van der Waals surface area contributed by atoms with E-state index < -0.39 is 48.5 Å². The molecule has 0 bridgehead atoms. The van der Waals surface area contributed by atoms with Gasteiger partial charge in [-0.1, -0.05) is 0 Å². The number of ether oxygens (including phenoxy) is 1. The van der Waals surface area contributed by atoms with Crippen LogP contribution in [0.5, 0.6) is 0 Å². The summed E-state index contributed by atoms with van der Waals surface area (Å²) in [5, 5.41) is 38.2. The van der Waals surface area contributed by atoms with Gasteiger partial charge in [-0.05, 0) is 0 Å². The maximum atomic E-state index is 11.7. The summed E-state index contributed by atoms with van der Waals surface area (Å²) in [6, 6.07) is 0. The Bertz CT molecular complexity index is 595. The van der Waals surface area contributed by atoms with Gasteiger partial charge in [0.05, 0.1) is 6.61 Å². The molecule has 7 N–H and O–H groups in total. The molecule has 1 saturated heterocycles. The normalized spacial score (nSPS) is 34.1. The first-order valence-corrected chi connectivity index (χ1v) is 5.78. The topological polar surface area (TPSA) is 171 Å². The summed E-state index contributed by atoms with van der Waals surface area (Å²) in [6.07, 6.45) is -6.44. The number of rotatable bonds is 2. The molecule has 112 valence electrons. The lowest BCUT2D eigenvalue weighted by Gasteiger charge is -2.40. The highest BCUT2D eigenvalue weighted by molar-refractivity contribution is 5.30. The van der Waals surface area contributed by atoms with E-state index in [1.165, 1.54) is 0 Å². The summed E-state index contributed by atoms with van der Waals surface area (Å²) in [5.74, 6) is 0. The number of nitrogens with zero attached hydrogens (tertiary/aromatic N) is 1. The standard InChI is InChI=1S/C10H15N3O7/c11-3-1-13(10(19)12-8(3)18)9-7(17)6(16)5(15)4(2-14)20-9/h1,4-7,9,14-17H,2,11H2,(H,12,18,19)/t4-,5+,6+,7-,9+/m0/s1. The van der Waals surface area contributed by atoms with E-state index in [1.54, 1.807) is 0 Å². The highest BCUT2D eigenvalue weighted by Crippen LogP contribution is 2.27. The van der Waals surface area contributed by atoms with Crippen molar-refractivity contribution in [3.63, 3.8) is 0 Å². The van der Waals surface area contributed by atoms with Gasteiger partial charge < -0.3 is 30.9 Å². The Morgan fingerprint density at radius 1 is 1.25 bits per heavy atom. The van der Waals surface area contributed by atoms with Crippen molar-refractivity contribution in [1.82, 2.24) is 9.55 Å². The van der Waals surface area contributed by atoms with Gasteiger partial charge in [0.15, 0.2) is 6.23 Å². The van der Waals surface area contributed by atoms with Crippen LogP contribution in [-0.2, 0) is 4.74 Å². The Kier molecular flexibility index (Phi) is 3.92. The van der Waals surface area contributed by atoms with Crippen LogP contribution in [0, 0.1) is 0 Å².